The lowest BCUT2D eigenvalue weighted by Gasteiger charge is -2.25. The maximum atomic E-state index is 11.8. The predicted octanol–water partition coefficient (Wildman–Crippen LogP) is 2.43. The highest BCUT2D eigenvalue weighted by Crippen LogP contribution is 2.21. The van der Waals surface area contributed by atoms with Crippen LogP contribution in [0.25, 0.3) is 0 Å². The van der Waals surface area contributed by atoms with Gasteiger partial charge in [-0.2, -0.15) is 11.8 Å². The van der Waals surface area contributed by atoms with Crippen LogP contribution in [0.4, 0.5) is 11.4 Å². The molecule has 0 unspecified atom stereocenters. The summed E-state index contributed by atoms with van der Waals surface area (Å²) in [4.78, 5) is 11.8. The Bertz CT molecular complexity index is 447. The second kappa shape index (κ2) is 6.82. The molecule has 4 nitrogen and oxygen atoms in total. The zero-order valence-corrected chi connectivity index (χ0v) is 12.0. The van der Waals surface area contributed by atoms with Crippen molar-refractivity contribution in [2.24, 2.45) is 0 Å². The third kappa shape index (κ3) is 4.44. The molecule has 0 aliphatic carbocycles. The van der Waals surface area contributed by atoms with Crippen LogP contribution in [0.2, 0.25) is 0 Å². The molecule has 0 saturated carbocycles. The molecule has 19 heavy (non-hydrogen) atoms. The molecule has 2 rings (SSSR count). The Hall–Kier alpha value is -1.20. The molecule has 3 N–H and O–H groups in total. The van der Waals surface area contributed by atoms with E-state index >= 15 is 0 Å². The van der Waals surface area contributed by atoms with Gasteiger partial charge in [-0.05, 0) is 42.9 Å². The van der Waals surface area contributed by atoms with Gasteiger partial charge in [0.25, 0.3) is 0 Å². The summed E-state index contributed by atoms with van der Waals surface area (Å²) < 4.78 is 5.10. The van der Waals surface area contributed by atoms with Crippen LogP contribution in [0.3, 0.4) is 0 Å². The van der Waals surface area contributed by atoms with Gasteiger partial charge in [-0.15, -0.1) is 0 Å². The second-order valence-electron chi connectivity index (χ2n) is 4.76. The lowest BCUT2D eigenvalue weighted by atomic mass is 10.1. The molecule has 1 fully saturated rings. The Morgan fingerprint density at radius 2 is 2.32 bits per heavy atom. The van der Waals surface area contributed by atoms with Crippen LogP contribution >= 0.6 is 11.8 Å². The number of rotatable bonds is 6. The van der Waals surface area contributed by atoms with E-state index in [1.165, 1.54) is 0 Å². The minimum Gasteiger partial charge on any atom is -0.399 e. The number of aryl methyl sites for hydroxylation is 1. The average molecular weight is 280 g/mol. The monoisotopic (exact) mass is 280 g/mol. The number of hydrogen-bond donors (Lipinski definition) is 2. The van der Waals surface area contributed by atoms with Crippen LogP contribution in [0.15, 0.2) is 18.2 Å². The number of anilines is 2. The fourth-order valence-corrected chi connectivity index (χ4v) is 2.86. The lowest BCUT2D eigenvalue weighted by Crippen LogP contribution is -2.30. The van der Waals surface area contributed by atoms with Crippen molar-refractivity contribution < 1.29 is 9.53 Å². The quantitative estimate of drug-likeness (QED) is 0.620. The minimum atomic E-state index is 0.0679. The highest BCUT2D eigenvalue weighted by Gasteiger charge is 2.18. The first-order chi connectivity index (χ1) is 9.15. The molecule has 1 aliphatic rings. The van der Waals surface area contributed by atoms with Gasteiger partial charge in [-0.25, -0.2) is 0 Å². The largest absolute Gasteiger partial charge is 0.399 e. The van der Waals surface area contributed by atoms with Crippen LogP contribution in [0.5, 0.6) is 0 Å². The summed E-state index contributed by atoms with van der Waals surface area (Å²) in [6, 6.07) is 5.51. The van der Waals surface area contributed by atoms with Gasteiger partial charge < -0.3 is 15.8 Å². The molecule has 1 aromatic rings. The van der Waals surface area contributed by atoms with Crippen molar-refractivity contribution >= 4 is 29.0 Å². The maximum absolute atomic E-state index is 11.8. The van der Waals surface area contributed by atoms with Crippen LogP contribution in [0, 0.1) is 6.92 Å². The standard InChI is InChI=1S/C14H20N2O2S/c1-10-7-11(15)4-5-13(10)16-14(17)3-2-6-19-12-8-18-9-12/h4-5,7,12H,2-3,6,8-9,15H2,1H3,(H,16,17). The van der Waals surface area contributed by atoms with Gasteiger partial charge in [-0.3, -0.25) is 4.79 Å². The predicted molar refractivity (Wildman–Crippen MR) is 80.5 cm³/mol. The smallest absolute Gasteiger partial charge is 0.224 e. The van der Waals surface area contributed by atoms with Crippen molar-refractivity contribution in [3.8, 4) is 0 Å². The molecular weight excluding hydrogens is 260 g/mol. The summed E-state index contributed by atoms with van der Waals surface area (Å²) in [6.07, 6.45) is 1.46. The SMILES string of the molecule is Cc1cc(N)ccc1NC(=O)CCCSC1COC1. The number of amides is 1. The highest BCUT2D eigenvalue weighted by atomic mass is 32.2. The first kappa shape index (κ1) is 14.2. The van der Waals surface area contributed by atoms with E-state index < -0.39 is 0 Å². The fraction of sp³-hybridized carbons (Fsp3) is 0.500. The Morgan fingerprint density at radius 1 is 1.53 bits per heavy atom. The number of nitrogen functional groups attached to an aromatic ring is 1. The summed E-state index contributed by atoms with van der Waals surface area (Å²) >= 11 is 1.90. The van der Waals surface area contributed by atoms with E-state index in [0.717, 1.165) is 42.3 Å². The van der Waals surface area contributed by atoms with E-state index in [0.29, 0.717) is 11.7 Å². The van der Waals surface area contributed by atoms with Crippen molar-refractivity contribution in [3.63, 3.8) is 0 Å². The van der Waals surface area contributed by atoms with Gasteiger partial charge in [-0.1, -0.05) is 0 Å². The average Bonchev–Trinajstić information content (AvgIpc) is 2.30. The van der Waals surface area contributed by atoms with E-state index in [2.05, 4.69) is 5.32 Å². The molecule has 0 bridgehead atoms. The van der Waals surface area contributed by atoms with E-state index in [1.54, 1.807) is 6.07 Å². The number of carbonyl (C=O) groups is 1. The highest BCUT2D eigenvalue weighted by molar-refractivity contribution is 8.00. The molecule has 0 atom stereocenters. The third-order valence-corrected chi connectivity index (χ3v) is 4.30. The van der Waals surface area contributed by atoms with Gasteiger partial charge in [0.1, 0.15) is 0 Å². The molecule has 0 aromatic heterocycles. The van der Waals surface area contributed by atoms with E-state index in [1.807, 2.05) is 30.8 Å². The summed E-state index contributed by atoms with van der Waals surface area (Å²) in [5.74, 6) is 1.08. The Balaban J connectivity index is 1.68. The van der Waals surface area contributed by atoms with Crippen LogP contribution in [0.1, 0.15) is 18.4 Å². The number of ether oxygens (including phenoxy) is 1. The summed E-state index contributed by atoms with van der Waals surface area (Å²) in [5, 5.41) is 3.57. The van der Waals surface area contributed by atoms with Crippen molar-refractivity contribution in [1.82, 2.24) is 0 Å². The van der Waals surface area contributed by atoms with Gasteiger partial charge in [0.2, 0.25) is 5.91 Å². The van der Waals surface area contributed by atoms with Crippen LogP contribution in [-0.4, -0.2) is 30.1 Å². The first-order valence-electron chi connectivity index (χ1n) is 6.50. The number of thioether (sulfide) groups is 1. The molecule has 1 amide bonds. The number of carbonyl (C=O) groups excluding carboxylic acids is 1. The summed E-state index contributed by atoms with van der Waals surface area (Å²) in [6.45, 7) is 3.67. The number of benzene rings is 1. The number of nitrogens with two attached hydrogens (primary N) is 1. The van der Waals surface area contributed by atoms with Gasteiger partial charge >= 0.3 is 0 Å². The molecule has 1 heterocycles. The van der Waals surface area contributed by atoms with Crippen molar-refractivity contribution in [2.75, 3.05) is 30.0 Å². The Kier molecular flexibility index (Phi) is 5.10. The van der Waals surface area contributed by atoms with Crippen LogP contribution < -0.4 is 11.1 Å². The minimum absolute atomic E-state index is 0.0679. The molecule has 0 radical (unpaired) electrons. The van der Waals surface area contributed by atoms with Gasteiger partial charge in [0.05, 0.1) is 18.5 Å². The maximum Gasteiger partial charge on any atom is 0.224 e. The molecular formula is C14H20N2O2S. The molecule has 1 saturated heterocycles. The second-order valence-corrected chi connectivity index (χ2v) is 6.16. The molecule has 0 spiro atoms. The van der Waals surface area contributed by atoms with E-state index in [-0.39, 0.29) is 5.91 Å². The van der Waals surface area contributed by atoms with Gasteiger partial charge in [0, 0.05) is 17.8 Å². The summed E-state index contributed by atoms with van der Waals surface area (Å²) in [5.41, 5.74) is 8.24. The molecule has 5 heteroatoms. The topological polar surface area (TPSA) is 64.3 Å². The normalized spacial score (nSPS) is 15.0. The van der Waals surface area contributed by atoms with E-state index in [9.17, 15) is 4.79 Å². The van der Waals surface area contributed by atoms with E-state index in [4.69, 9.17) is 10.5 Å². The molecule has 1 aromatic carbocycles. The fourth-order valence-electron chi connectivity index (χ4n) is 1.83. The molecule has 104 valence electrons. The lowest BCUT2D eigenvalue weighted by molar-refractivity contribution is -0.116. The van der Waals surface area contributed by atoms with Crippen LogP contribution in [-0.2, 0) is 9.53 Å². The van der Waals surface area contributed by atoms with Crippen molar-refractivity contribution in [2.45, 2.75) is 25.0 Å². The Morgan fingerprint density at radius 3 is 2.95 bits per heavy atom. The summed E-state index contributed by atoms with van der Waals surface area (Å²) in [7, 11) is 0. The van der Waals surface area contributed by atoms with Crippen molar-refractivity contribution in [3.05, 3.63) is 23.8 Å². The Labute approximate surface area is 118 Å². The van der Waals surface area contributed by atoms with Crippen molar-refractivity contribution in [1.29, 1.82) is 0 Å². The first-order valence-corrected chi connectivity index (χ1v) is 7.55. The third-order valence-electron chi connectivity index (χ3n) is 3.03. The number of hydrogen-bond acceptors (Lipinski definition) is 4. The molecule has 1 aliphatic heterocycles. The van der Waals surface area contributed by atoms with Gasteiger partial charge in [0.15, 0.2) is 0 Å². The zero-order valence-electron chi connectivity index (χ0n) is 11.1. The zero-order chi connectivity index (χ0) is 13.7. The number of nitrogens with one attached hydrogen (secondary N) is 1.